The number of fused-ring (bicyclic) bond motifs is 3. The lowest BCUT2D eigenvalue weighted by molar-refractivity contribution is 1.07. The fourth-order valence-corrected chi connectivity index (χ4v) is 7.14. The molecule has 0 saturated carbocycles. The lowest BCUT2D eigenvalue weighted by Gasteiger charge is -2.10. The summed E-state index contributed by atoms with van der Waals surface area (Å²) in [5, 5.41) is 2.15. The molecule has 10 aromatic rings. The number of hydrogen-bond acceptors (Lipinski definition) is 5. The van der Waals surface area contributed by atoms with E-state index in [0.717, 1.165) is 83.3 Å². The number of pyridine rings is 2. The molecular weight excluding hydrogens is 683 g/mol. The predicted octanol–water partition coefficient (Wildman–Crippen LogP) is 12.6. The van der Waals surface area contributed by atoms with Crippen LogP contribution in [0.1, 0.15) is 0 Å². The van der Waals surface area contributed by atoms with Crippen LogP contribution in [0, 0.1) is 0 Å². The van der Waals surface area contributed by atoms with Gasteiger partial charge in [-0.3, -0.25) is 0 Å². The molecule has 0 N–H and O–H groups in total. The highest BCUT2D eigenvalue weighted by molar-refractivity contribution is 6.04. The normalized spacial score (nSPS) is 11.2. The van der Waals surface area contributed by atoms with Gasteiger partial charge in [-0.15, -0.1) is 0 Å². The van der Waals surface area contributed by atoms with Crippen LogP contribution in [0.25, 0.3) is 101 Å². The third kappa shape index (κ3) is 6.48. The minimum Gasteiger partial charge on any atom is -0.245 e. The summed E-state index contributed by atoms with van der Waals surface area (Å²) < 4.78 is 0. The fraction of sp³-hybridized carbons (Fsp3) is 0. The van der Waals surface area contributed by atoms with Crippen LogP contribution in [-0.2, 0) is 0 Å². The summed E-state index contributed by atoms with van der Waals surface area (Å²) >= 11 is 0. The van der Waals surface area contributed by atoms with E-state index in [9.17, 15) is 0 Å². The van der Waals surface area contributed by atoms with E-state index in [2.05, 4.69) is 121 Å². The van der Waals surface area contributed by atoms with Crippen LogP contribution in [0.5, 0.6) is 0 Å². The van der Waals surface area contributed by atoms with Gasteiger partial charge in [0, 0.05) is 38.6 Å². The molecule has 0 aliphatic heterocycles. The maximum Gasteiger partial charge on any atom is 0.164 e. The summed E-state index contributed by atoms with van der Waals surface area (Å²) in [6.45, 7) is 0. The van der Waals surface area contributed by atoms with Crippen molar-refractivity contribution in [3.63, 3.8) is 0 Å². The van der Waals surface area contributed by atoms with Crippen LogP contribution < -0.4 is 0 Å². The molecule has 0 spiro atoms. The van der Waals surface area contributed by atoms with Crippen molar-refractivity contribution in [3.8, 4) is 78.9 Å². The van der Waals surface area contributed by atoms with Gasteiger partial charge in [0.05, 0.1) is 22.4 Å². The first-order valence-corrected chi connectivity index (χ1v) is 18.7. The van der Waals surface area contributed by atoms with Crippen LogP contribution in [0.4, 0.5) is 0 Å². The van der Waals surface area contributed by atoms with Crippen LogP contribution in [0.2, 0.25) is 0 Å². The van der Waals surface area contributed by atoms with E-state index in [0.29, 0.717) is 17.5 Å². The summed E-state index contributed by atoms with van der Waals surface area (Å²) in [5.41, 5.74) is 13.2. The summed E-state index contributed by atoms with van der Waals surface area (Å²) in [4.78, 5) is 24.8. The highest BCUT2D eigenvalue weighted by Gasteiger charge is 2.13. The Morgan fingerprint density at radius 3 is 0.839 bits per heavy atom. The van der Waals surface area contributed by atoms with Gasteiger partial charge in [0.15, 0.2) is 17.5 Å². The fourth-order valence-electron chi connectivity index (χ4n) is 7.14. The molecule has 0 fully saturated rings. The summed E-state index contributed by atoms with van der Waals surface area (Å²) in [5.74, 6) is 1.95. The van der Waals surface area contributed by atoms with Gasteiger partial charge in [-0.1, -0.05) is 188 Å². The maximum absolute atomic E-state index is 5.14. The molecule has 5 heteroatoms. The van der Waals surface area contributed by atoms with Gasteiger partial charge >= 0.3 is 0 Å². The number of hydrogen-bond donors (Lipinski definition) is 0. The Morgan fingerprint density at radius 1 is 0.196 bits per heavy atom. The first kappa shape index (κ1) is 33.0. The van der Waals surface area contributed by atoms with Crippen molar-refractivity contribution in [2.75, 3.05) is 0 Å². The number of rotatable bonds is 7. The van der Waals surface area contributed by atoms with Gasteiger partial charge < -0.3 is 0 Å². The average Bonchev–Trinajstić information content (AvgIpc) is 3.29. The SMILES string of the molecule is c1ccc(-c2ccc3ccc4ccc(-c5ccc(-c6ccc(-c7ccc(-c8nc(-c9ccccc9)nc(-c9ccccc9)n8)cc7)cc6)cc5)nc4c3n2)cc1. The molecular formula is C51H33N5. The Bertz CT molecular complexity index is 2910. The first-order valence-electron chi connectivity index (χ1n) is 18.7. The molecule has 0 amide bonds. The molecule has 0 bridgehead atoms. The molecule has 0 radical (unpaired) electrons. The van der Waals surface area contributed by atoms with Crippen molar-refractivity contribution in [3.05, 3.63) is 200 Å². The minimum atomic E-state index is 0.643. The largest absolute Gasteiger partial charge is 0.245 e. The van der Waals surface area contributed by atoms with Gasteiger partial charge in [0.2, 0.25) is 0 Å². The molecule has 0 unspecified atom stereocenters. The molecule has 3 heterocycles. The number of nitrogens with zero attached hydrogens (tertiary/aromatic N) is 5. The second-order valence-corrected chi connectivity index (χ2v) is 13.7. The zero-order valence-electron chi connectivity index (χ0n) is 30.3. The van der Waals surface area contributed by atoms with Crippen molar-refractivity contribution in [1.82, 2.24) is 24.9 Å². The van der Waals surface area contributed by atoms with E-state index in [-0.39, 0.29) is 0 Å². The van der Waals surface area contributed by atoms with Crippen molar-refractivity contribution < 1.29 is 0 Å². The molecule has 0 aliphatic carbocycles. The van der Waals surface area contributed by atoms with Gasteiger partial charge in [-0.25, -0.2) is 24.9 Å². The Labute approximate surface area is 324 Å². The van der Waals surface area contributed by atoms with Crippen molar-refractivity contribution in [2.24, 2.45) is 0 Å². The lowest BCUT2D eigenvalue weighted by atomic mass is 9.98. The van der Waals surface area contributed by atoms with E-state index >= 15 is 0 Å². The monoisotopic (exact) mass is 715 g/mol. The molecule has 56 heavy (non-hydrogen) atoms. The van der Waals surface area contributed by atoms with Crippen LogP contribution in [0.3, 0.4) is 0 Å². The average molecular weight is 716 g/mol. The zero-order chi connectivity index (χ0) is 37.3. The molecule has 0 aliphatic rings. The summed E-state index contributed by atoms with van der Waals surface area (Å²) in [7, 11) is 0. The maximum atomic E-state index is 5.14. The standard InChI is InChI=1S/C51H33N5/c1-4-10-38(11-5-1)45-32-30-40-26-27-41-31-33-46(53-48(41)47(40)52-45)39-24-20-36(21-25-39)34-16-18-35(19-17-34)37-22-28-44(29-23-37)51-55-49(42-12-6-2-7-13-42)54-50(56-51)43-14-8-3-9-15-43/h1-33H. The zero-order valence-corrected chi connectivity index (χ0v) is 30.3. The van der Waals surface area contributed by atoms with Crippen LogP contribution in [-0.4, -0.2) is 24.9 Å². The Kier molecular flexibility index (Phi) is 8.43. The second kappa shape index (κ2) is 14.3. The highest BCUT2D eigenvalue weighted by Crippen LogP contribution is 2.32. The van der Waals surface area contributed by atoms with Crippen molar-refractivity contribution >= 4 is 21.8 Å². The Morgan fingerprint density at radius 2 is 0.464 bits per heavy atom. The summed E-state index contributed by atoms with van der Waals surface area (Å²) in [6, 6.07) is 68.9. The molecule has 5 nitrogen and oxygen atoms in total. The third-order valence-corrected chi connectivity index (χ3v) is 10.2. The Balaban J connectivity index is 0.898. The highest BCUT2D eigenvalue weighted by atomic mass is 15.0. The van der Waals surface area contributed by atoms with Gasteiger partial charge in [0.1, 0.15) is 0 Å². The van der Waals surface area contributed by atoms with E-state index in [1.807, 2.05) is 78.9 Å². The third-order valence-electron chi connectivity index (χ3n) is 10.2. The molecule has 10 rings (SSSR count). The summed E-state index contributed by atoms with van der Waals surface area (Å²) in [6.07, 6.45) is 0. The van der Waals surface area contributed by atoms with Crippen LogP contribution >= 0.6 is 0 Å². The second-order valence-electron chi connectivity index (χ2n) is 13.7. The van der Waals surface area contributed by atoms with E-state index in [4.69, 9.17) is 24.9 Å². The first-order chi connectivity index (χ1) is 27.7. The smallest absolute Gasteiger partial charge is 0.164 e. The van der Waals surface area contributed by atoms with E-state index in [1.54, 1.807) is 0 Å². The molecule has 3 aromatic heterocycles. The molecule has 0 saturated heterocycles. The Hall–Kier alpha value is -7.63. The minimum absolute atomic E-state index is 0.643. The van der Waals surface area contributed by atoms with Gasteiger partial charge in [0.25, 0.3) is 0 Å². The lowest BCUT2D eigenvalue weighted by Crippen LogP contribution is -2.00. The topological polar surface area (TPSA) is 64.5 Å². The van der Waals surface area contributed by atoms with E-state index < -0.39 is 0 Å². The number of benzene rings is 7. The quantitative estimate of drug-likeness (QED) is 0.154. The molecule has 7 aromatic carbocycles. The molecule has 0 atom stereocenters. The van der Waals surface area contributed by atoms with Crippen LogP contribution in [0.15, 0.2) is 200 Å². The number of aromatic nitrogens is 5. The van der Waals surface area contributed by atoms with Crippen molar-refractivity contribution in [2.45, 2.75) is 0 Å². The molecule has 262 valence electrons. The van der Waals surface area contributed by atoms with Gasteiger partial charge in [-0.2, -0.15) is 0 Å². The predicted molar refractivity (Wildman–Crippen MR) is 228 cm³/mol. The van der Waals surface area contributed by atoms with Gasteiger partial charge in [-0.05, 0) is 34.4 Å². The van der Waals surface area contributed by atoms with E-state index in [1.165, 1.54) is 0 Å². The van der Waals surface area contributed by atoms with Crippen molar-refractivity contribution in [1.29, 1.82) is 0 Å².